The van der Waals surface area contributed by atoms with Gasteiger partial charge < -0.3 is 0 Å². The molecule has 4 rings (SSSR count). The predicted molar refractivity (Wildman–Crippen MR) is 111 cm³/mol. The SMILES string of the molecule is Cc1ccnc(-n2c(SCc3ccccc3Cl)nc3ccccc3c2=O)c1. The number of benzene rings is 2. The second kappa shape index (κ2) is 7.55. The van der Waals surface area contributed by atoms with Gasteiger partial charge in [0.15, 0.2) is 5.16 Å². The molecule has 0 aliphatic heterocycles. The molecule has 2 heterocycles. The van der Waals surface area contributed by atoms with Crippen LogP contribution in [0.5, 0.6) is 0 Å². The van der Waals surface area contributed by atoms with Gasteiger partial charge in [-0.2, -0.15) is 0 Å². The highest BCUT2D eigenvalue weighted by molar-refractivity contribution is 7.98. The molecule has 4 aromatic rings. The maximum Gasteiger partial charge on any atom is 0.267 e. The van der Waals surface area contributed by atoms with Crippen molar-refractivity contribution in [1.29, 1.82) is 0 Å². The van der Waals surface area contributed by atoms with Gasteiger partial charge in [0.1, 0.15) is 5.82 Å². The van der Waals surface area contributed by atoms with E-state index in [0.29, 0.717) is 32.7 Å². The van der Waals surface area contributed by atoms with Crippen molar-refractivity contribution in [2.75, 3.05) is 0 Å². The van der Waals surface area contributed by atoms with Crippen molar-refractivity contribution in [2.24, 2.45) is 0 Å². The fourth-order valence-corrected chi connectivity index (χ4v) is 4.10. The molecule has 0 amide bonds. The van der Waals surface area contributed by atoms with Crippen molar-refractivity contribution in [1.82, 2.24) is 14.5 Å². The lowest BCUT2D eigenvalue weighted by molar-refractivity contribution is 0.794. The Morgan fingerprint density at radius 2 is 1.85 bits per heavy atom. The number of fused-ring (bicyclic) bond motifs is 1. The second-order valence-electron chi connectivity index (χ2n) is 6.12. The van der Waals surface area contributed by atoms with Crippen LogP contribution in [0.1, 0.15) is 11.1 Å². The first-order valence-electron chi connectivity index (χ1n) is 8.44. The van der Waals surface area contributed by atoms with Gasteiger partial charge in [-0.05, 0) is 48.4 Å². The first kappa shape index (κ1) is 17.8. The van der Waals surface area contributed by atoms with E-state index in [1.807, 2.05) is 61.5 Å². The lowest BCUT2D eigenvalue weighted by atomic mass is 10.2. The minimum absolute atomic E-state index is 0.125. The molecule has 2 aromatic heterocycles. The molecule has 0 radical (unpaired) electrons. The number of nitrogens with zero attached hydrogens (tertiary/aromatic N) is 3. The molecule has 0 aliphatic rings. The van der Waals surface area contributed by atoms with Crippen molar-refractivity contribution >= 4 is 34.3 Å². The van der Waals surface area contributed by atoms with Gasteiger partial charge in [0.25, 0.3) is 5.56 Å². The quantitative estimate of drug-likeness (QED) is 0.360. The molecule has 6 heteroatoms. The fraction of sp³-hybridized carbons (Fsp3) is 0.0952. The topological polar surface area (TPSA) is 47.8 Å². The highest BCUT2D eigenvalue weighted by atomic mass is 35.5. The van der Waals surface area contributed by atoms with Crippen molar-refractivity contribution in [3.63, 3.8) is 0 Å². The molecule has 0 N–H and O–H groups in total. The molecular formula is C21H16ClN3OS. The van der Waals surface area contributed by atoms with Crippen molar-refractivity contribution in [2.45, 2.75) is 17.8 Å². The average molecular weight is 394 g/mol. The van der Waals surface area contributed by atoms with Gasteiger partial charge in [0.05, 0.1) is 10.9 Å². The third-order valence-electron chi connectivity index (χ3n) is 4.19. The number of pyridine rings is 1. The summed E-state index contributed by atoms with van der Waals surface area (Å²) in [6, 6.07) is 18.8. The zero-order valence-corrected chi connectivity index (χ0v) is 16.2. The zero-order valence-electron chi connectivity index (χ0n) is 14.6. The number of aryl methyl sites for hydroxylation is 1. The van der Waals surface area contributed by atoms with Crippen LogP contribution in [0.4, 0.5) is 0 Å². The number of hydrogen-bond donors (Lipinski definition) is 0. The number of rotatable bonds is 4. The van der Waals surface area contributed by atoms with Gasteiger partial charge in [0, 0.05) is 17.0 Å². The zero-order chi connectivity index (χ0) is 18.8. The van der Waals surface area contributed by atoms with Crippen LogP contribution in [0.25, 0.3) is 16.7 Å². The molecule has 2 aromatic carbocycles. The summed E-state index contributed by atoms with van der Waals surface area (Å²) in [6.07, 6.45) is 1.70. The summed E-state index contributed by atoms with van der Waals surface area (Å²) < 4.78 is 1.58. The molecule has 4 nitrogen and oxygen atoms in total. The Morgan fingerprint density at radius 3 is 2.67 bits per heavy atom. The Morgan fingerprint density at radius 1 is 1.07 bits per heavy atom. The summed E-state index contributed by atoms with van der Waals surface area (Å²) in [5.41, 5.74) is 2.57. The molecule has 0 atom stereocenters. The lowest BCUT2D eigenvalue weighted by Crippen LogP contribution is -2.22. The Kier molecular flexibility index (Phi) is 4.97. The van der Waals surface area contributed by atoms with Crippen LogP contribution in [0.3, 0.4) is 0 Å². The molecule has 0 saturated heterocycles. The van der Waals surface area contributed by atoms with E-state index in [-0.39, 0.29) is 5.56 Å². The molecule has 27 heavy (non-hydrogen) atoms. The molecule has 0 unspecified atom stereocenters. The highest BCUT2D eigenvalue weighted by Gasteiger charge is 2.15. The van der Waals surface area contributed by atoms with Crippen LogP contribution in [0.15, 0.2) is 76.8 Å². The normalized spacial score (nSPS) is 11.0. The Labute approximate surface area is 165 Å². The number of halogens is 1. The first-order chi connectivity index (χ1) is 13.1. The maximum atomic E-state index is 13.2. The van der Waals surface area contributed by atoms with Gasteiger partial charge in [-0.15, -0.1) is 0 Å². The van der Waals surface area contributed by atoms with Gasteiger partial charge in [-0.3, -0.25) is 4.79 Å². The highest BCUT2D eigenvalue weighted by Crippen LogP contribution is 2.27. The van der Waals surface area contributed by atoms with Crippen LogP contribution in [0.2, 0.25) is 5.02 Å². The molecule has 0 fully saturated rings. The predicted octanol–water partition coefficient (Wildman–Crippen LogP) is 5.03. The third kappa shape index (κ3) is 3.61. The Hall–Kier alpha value is -2.63. The molecular weight excluding hydrogens is 378 g/mol. The second-order valence-corrected chi connectivity index (χ2v) is 7.47. The van der Waals surface area contributed by atoms with Crippen LogP contribution < -0.4 is 5.56 Å². The van der Waals surface area contributed by atoms with E-state index >= 15 is 0 Å². The molecule has 0 bridgehead atoms. The molecule has 0 aliphatic carbocycles. The maximum absolute atomic E-state index is 13.2. The van der Waals surface area contributed by atoms with Crippen LogP contribution in [0, 0.1) is 6.92 Å². The van der Waals surface area contributed by atoms with E-state index in [4.69, 9.17) is 16.6 Å². The summed E-state index contributed by atoms with van der Waals surface area (Å²) in [7, 11) is 0. The summed E-state index contributed by atoms with van der Waals surface area (Å²) in [6.45, 7) is 1.97. The summed E-state index contributed by atoms with van der Waals surface area (Å²) >= 11 is 7.75. The summed E-state index contributed by atoms with van der Waals surface area (Å²) in [4.78, 5) is 22.3. The first-order valence-corrected chi connectivity index (χ1v) is 9.81. The third-order valence-corrected chi connectivity index (χ3v) is 5.55. The number of para-hydroxylation sites is 1. The van der Waals surface area contributed by atoms with Gasteiger partial charge >= 0.3 is 0 Å². The summed E-state index contributed by atoms with van der Waals surface area (Å²) in [5.74, 6) is 1.18. The largest absolute Gasteiger partial charge is 0.268 e. The molecule has 134 valence electrons. The fourth-order valence-electron chi connectivity index (χ4n) is 2.81. The monoisotopic (exact) mass is 393 g/mol. The van der Waals surface area contributed by atoms with Gasteiger partial charge in [0.2, 0.25) is 0 Å². The van der Waals surface area contributed by atoms with E-state index in [0.717, 1.165) is 11.1 Å². The average Bonchev–Trinajstić information content (AvgIpc) is 2.67. The van der Waals surface area contributed by atoms with Crippen molar-refractivity contribution < 1.29 is 0 Å². The van der Waals surface area contributed by atoms with E-state index in [9.17, 15) is 4.79 Å². The number of aromatic nitrogens is 3. The van der Waals surface area contributed by atoms with E-state index in [1.54, 1.807) is 16.8 Å². The van der Waals surface area contributed by atoms with Crippen molar-refractivity contribution in [3.8, 4) is 5.82 Å². The van der Waals surface area contributed by atoms with Crippen LogP contribution in [-0.2, 0) is 5.75 Å². The van der Waals surface area contributed by atoms with Crippen LogP contribution >= 0.6 is 23.4 Å². The lowest BCUT2D eigenvalue weighted by Gasteiger charge is -2.13. The standard InChI is InChI=1S/C21H16ClN3OS/c1-14-10-11-23-19(12-14)25-20(26)16-7-3-5-9-18(16)24-21(25)27-13-15-6-2-4-8-17(15)22/h2-12H,13H2,1H3. The van der Waals surface area contributed by atoms with Gasteiger partial charge in [-0.1, -0.05) is 53.7 Å². The van der Waals surface area contributed by atoms with E-state index < -0.39 is 0 Å². The molecule has 0 saturated carbocycles. The van der Waals surface area contributed by atoms with Gasteiger partial charge in [-0.25, -0.2) is 14.5 Å². The minimum atomic E-state index is -0.125. The smallest absolute Gasteiger partial charge is 0.267 e. The summed E-state index contributed by atoms with van der Waals surface area (Å²) in [5, 5.41) is 1.87. The van der Waals surface area contributed by atoms with Crippen LogP contribution in [-0.4, -0.2) is 14.5 Å². The van der Waals surface area contributed by atoms with E-state index in [1.165, 1.54) is 11.8 Å². The van der Waals surface area contributed by atoms with Crippen molar-refractivity contribution in [3.05, 3.63) is 93.4 Å². The number of hydrogen-bond acceptors (Lipinski definition) is 4. The molecule has 0 spiro atoms. The number of thioether (sulfide) groups is 1. The van der Waals surface area contributed by atoms with E-state index in [2.05, 4.69) is 4.98 Å². The minimum Gasteiger partial charge on any atom is -0.268 e. The Bertz CT molecular complexity index is 1190. The Balaban J connectivity index is 1.86.